The van der Waals surface area contributed by atoms with Gasteiger partial charge in [-0.05, 0) is 0 Å². The van der Waals surface area contributed by atoms with Crippen LogP contribution in [0, 0.1) is 22.7 Å². The molecule has 0 atom stereocenters. The maximum absolute atomic E-state index is 12.7. The lowest BCUT2D eigenvalue weighted by Gasteiger charge is -2.15. The first-order chi connectivity index (χ1) is 7.75. The minimum atomic E-state index is -4.88. The zero-order valence-corrected chi connectivity index (χ0v) is 9.37. The fourth-order valence-electron chi connectivity index (χ4n) is 1.19. The summed E-state index contributed by atoms with van der Waals surface area (Å²) < 4.78 is 38.0. The van der Waals surface area contributed by atoms with E-state index in [1.807, 2.05) is 0 Å². The Morgan fingerprint density at radius 2 is 1.47 bits per heavy atom. The number of rotatable bonds is 0. The number of nitrogens with two attached hydrogens (primary N) is 1. The fourth-order valence-corrected chi connectivity index (χ4v) is 1.76. The summed E-state index contributed by atoms with van der Waals surface area (Å²) in [6, 6.07) is 2.77. The number of hydrogen-bond acceptors (Lipinski definition) is 3. The van der Waals surface area contributed by atoms with Crippen LogP contribution in [-0.2, 0) is 6.18 Å². The highest BCUT2D eigenvalue weighted by atomic mass is 35.5. The molecule has 17 heavy (non-hydrogen) atoms. The molecule has 0 bridgehead atoms. The van der Waals surface area contributed by atoms with Crippen LogP contribution in [0.15, 0.2) is 0 Å². The van der Waals surface area contributed by atoms with Gasteiger partial charge < -0.3 is 5.73 Å². The molecule has 2 N–H and O–H groups in total. The molecule has 0 spiro atoms. The van der Waals surface area contributed by atoms with Gasteiger partial charge in [-0.15, -0.1) is 0 Å². The van der Waals surface area contributed by atoms with Gasteiger partial charge in [-0.2, -0.15) is 23.7 Å². The number of benzene rings is 1. The largest absolute Gasteiger partial charge is 0.419 e. The van der Waals surface area contributed by atoms with Crippen LogP contribution in [0.25, 0.3) is 0 Å². The molecule has 0 aliphatic heterocycles. The van der Waals surface area contributed by atoms with Crippen LogP contribution in [-0.4, -0.2) is 0 Å². The summed E-state index contributed by atoms with van der Waals surface area (Å²) in [5.41, 5.74) is 1.90. The Morgan fingerprint density at radius 3 is 1.82 bits per heavy atom. The van der Waals surface area contributed by atoms with E-state index in [0.29, 0.717) is 0 Å². The third kappa shape index (κ3) is 2.10. The lowest BCUT2D eigenvalue weighted by molar-refractivity contribution is -0.137. The summed E-state index contributed by atoms with van der Waals surface area (Å²) >= 11 is 10.9. The van der Waals surface area contributed by atoms with Crippen molar-refractivity contribution in [3.63, 3.8) is 0 Å². The van der Waals surface area contributed by atoms with E-state index >= 15 is 0 Å². The highest BCUT2D eigenvalue weighted by Gasteiger charge is 2.39. The van der Waals surface area contributed by atoms with E-state index in [2.05, 4.69) is 0 Å². The third-order valence-corrected chi connectivity index (χ3v) is 2.69. The van der Waals surface area contributed by atoms with Crippen molar-refractivity contribution in [1.29, 1.82) is 10.5 Å². The number of hydrogen-bond donors (Lipinski definition) is 1. The van der Waals surface area contributed by atoms with E-state index in [4.69, 9.17) is 39.5 Å². The maximum Gasteiger partial charge on any atom is 0.419 e. The second kappa shape index (κ2) is 4.33. The number of nitrogens with zero attached hydrogens (tertiary/aromatic N) is 2. The van der Waals surface area contributed by atoms with Gasteiger partial charge in [0.1, 0.15) is 12.1 Å². The van der Waals surface area contributed by atoms with Crippen LogP contribution in [0.4, 0.5) is 18.9 Å². The molecule has 0 amide bonds. The fraction of sp³-hybridized carbons (Fsp3) is 0.111. The molecule has 0 saturated carbocycles. The number of anilines is 1. The molecule has 0 aliphatic rings. The molecule has 0 aliphatic carbocycles. The molecule has 0 fully saturated rings. The average molecular weight is 280 g/mol. The van der Waals surface area contributed by atoms with Gasteiger partial charge in [0.2, 0.25) is 0 Å². The van der Waals surface area contributed by atoms with Crippen molar-refractivity contribution in [1.82, 2.24) is 0 Å². The van der Waals surface area contributed by atoms with Crippen LogP contribution in [0.1, 0.15) is 16.7 Å². The topological polar surface area (TPSA) is 73.6 Å². The van der Waals surface area contributed by atoms with Gasteiger partial charge in [-0.3, -0.25) is 0 Å². The molecule has 1 rings (SSSR count). The highest BCUT2D eigenvalue weighted by molar-refractivity contribution is 6.38. The maximum atomic E-state index is 12.7. The first-order valence-corrected chi connectivity index (χ1v) is 4.69. The Labute approximate surface area is 104 Å². The Kier molecular flexibility index (Phi) is 3.42. The number of alkyl halides is 3. The Balaban J connectivity index is 3.89. The molecule has 0 radical (unpaired) electrons. The molecular weight excluding hydrogens is 278 g/mol. The Morgan fingerprint density at radius 1 is 1.00 bits per heavy atom. The molecule has 8 heteroatoms. The molecule has 1 aromatic rings. The summed E-state index contributed by atoms with van der Waals surface area (Å²) in [6.45, 7) is 0. The van der Waals surface area contributed by atoms with Crippen molar-refractivity contribution in [3.05, 3.63) is 26.7 Å². The molecule has 88 valence electrons. The Hall–Kier alpha value is -1.63. The smallest absolute Gasteiger partial charge is 0.396 e. The zero-order chi connectivity index (χ0) is 13.4. The molecule has 0 unspecified atom stereocenters. The van der Waals surface area contributed by atoms with E-state index in [1.54, 1.807) is 0 Å². The van der Waals surface area contributed by atoms with E-state index in [1.165, 1.54) is 12.1 Å². The van der Waals surface area contributed by atoms with Gasteiger partial charge in [0, 0.05) is 0 Å². The van der Waals surface area contributed by atoms with E-state index in [-0.39, 0.29) is 0 Å². The van der Waals surface area contributed by atoms with Crippen LogP contribution < -0.4 is 5.73 Å². The van der Waals surface area contributed by atoms with Crippen molar-refractivity contribution < 1.29 is 13.2 Å². The van der Waals surface area contributed by atoms with Gasteiger partial charge in [0.05, 0.1) is 32.4 Å². The molecule has 0 saturated heterocycles. The highest BCUT2D eigenvalue weighted by Crippen LogP contribution is 2.44. The summed E-state index contributed by atoms with van der Waals surface area (Å²) in [5.74, 6) is 0. The second-order valence-electron chi connectivity index (χ2n) is 2.89. The van der Waals surface area contributed by atoms with Gasteiger partial charge in [-0.1, -0.05) is 23.2 Å². The Bertz CT molecular complexity index is 567. The summed E-state index contributed by atoms with van der Waals surface area (Å²) in [5, 5.41) is 15.8. The van der Waals surface area contributed by atoms with Crippen LogP contribution in [0.5, 0.6) is 0 Å². The normalized spacial score (nSPS) is 10.8. The van der Waals surface area contributed by atoms with Gasteiger partial charge in [0.15, 0.2) is 0 Å². The molecule has 0 aromatic heterocycles. The van der Waals surface area contributed by atoms with Gasteiger partial charge in [-0.25, -0.2) is 0 Å². The van der Waals surface area contributed by atoms with E-state index in [9.17, 15) is 13.2 Å². The predicted octanol–water partition coefficient (Wildman–Crippen LogP) is 3.34. The number of nitriles is 2. The third-order valence-electron chi connectivity index (χ3n) is 1.92. The quantitative estimate of drug-likeness (QED) is 0.740. The summed E-state index contributed by atoms with van der Waals surface area (Å²) in [6.07, 6.45) is -4.88. The van der Waals surface area contributed by atoms with Crippen LogP contribution in [0.2, 0.25) is 10.0 Å². The van der Waals surface area contributed by atoms with Crippen LogP contribution in [0.3, 0.4) is 0 Å². The van der Waals surface area contributed by atoms with Gasteiger partial charge >= 0.3 is 6.18 Å². The van der Waals surface area contributed by atoms with Crippen molar-refractivity contribution >= 4 is 28.9 Å². The standard InChI is InChI=1S/C9H2Cl2F3N3/c10-6-3(1-15)5(9(12,13)14)7(11)8(17)4(6)2-16/h17H2. The molecule has 1 aromatic carbocycles. The SMILES string of the molecule is N#Cc1c(N)c(Cl)c(C(F)(F)F)c(C#N)c1Cl. The summed E-state index contributed by atoms with van der Waals surface area (Å²) in [4.78, 5) is 0. The predicted molar refractivity (Wildman–Crippen MR) is 55.3 cm³/mol. The molecule has 0 heterocycles. The minimum absolute atomic E-state index is 0.443. The summed E-state index contributed by atoms with van der Waals surface area (Å²) in [7, 11) is 0. The van der Waals surface area contributed by atoms with Crippen molar-refractivity contribution in [2.75, 3.05) is 5.73 Å². The zero-order valence-electron chi connectivity index (χ0n) is 7.86. The lowest BCUT2D eigenvalue weighted by Crippen LogP contribution is -2.12. The van der Waals surface area contributed by atoms with E-state index < -0.39 is 38.6 Å². The number of nitrogen functional groups attached to an aromatic ring is 1. The first-order valence-electron chi connectivity index (χ1n) is 3.93. The van der Waals surface area contributed by atoms with Crippen molar-refractivity contribution in [2.45, 2.75) is 6.18 Å². The monoisotopic (exact) mass is 279 g/mol. The average Bonchev–Trinajstić information content (AvgIpc) is 2.22. The van der Waals surface area contributed by atoms with E-state index in [0.717, 1.165) is 0 Å². The minimum Gasteiger partial charge on any atom is -0.396 e. The van der Waals surface area contributed by atoms with Crippen molar-refractivity contribution in [3.8, 4) is 12.1 Å². The number of halogens is 5. The first kappa shape index (κ1) is 13.4. The lowest BCUT2D eigenvalue weighted by atomic mass is 10.0. The van der Waals surface area contributed by atoms with Gasteiger partial charge in [0.25, 0.3) is 0 Å². The second-order valence-corrected chi connectivity index (χ2v) is 3.64. The van der Waals surface area contributed by atoms with Crippen LogP contribution >= 0.6 is 23.2 Å². The van der Waals surface area contributed by atoms with Crippen molar-refractivity contribution in [2.24, 2.45) is 0 Å². The molecule has 3 nitrogen and oxygen atoms in total. The molecular formula is C9H2Cl2F3N3.